The Balaban J connectivity index is 0.00000222. The zero-order chi connectivity index (χ0) is 26.7. The molecule has 11 heteroatoms. The molecule has 10 nitrogen and oxygen atoms in total. The average molecular weight is 504 g/mol. The average Bonchev–Trinajstić information content (AvgIpc) is 3.25. The first-order valence-corrected chi connectivity index (χ1v) is 12.2. The summed E-state index contributed by atoms with van der Waals surface area (Å²) in [5.41, 5.74) is 7.57. The van der Waals surface area contributed by atoms with Crippen LogP contribution in [0.2, 0.25) is 0 Å². The molecule has 0 saturated carbocycles. The highest BCUT2D eigenvalue weighted by Gasteiger charge is 2.32. The van der Waals surface area contributed by atoms with E-state index in [9.17, 15) is 9.18 Å². The number of aromatic nitrogens is 1. The topological polar surface area (TPSA) is 123 Å². The summed E-state index contributed by atoms with van der Waals surface area (Å²) in [6, 6.07) is 7.92. The lowest BCUT2D eigenvalue weighted by atomic mass is 10.1. The van der Waals surface area contributed by atoms with Crippen molar-refractivity contribution in [3.8, 4) is 11.1 Å². The number of anilines is 1. The van der Waals surface area contributed by atoms with Crippen LogP contribution in [0.5, 0.6) is 0 Å². The van der Waals surface area contributed by atoms with E-state index >= 15 is 0 Å². The molecule has 0 aliphatic carbocycles. The number of cyclic esters (lactones) is 1. The monoisotopic (exact) mass is 503 g/mol. The maximum Gasteiger partial charge on any atom is 0.414 e. The van der Waals surface area contributed by atoms with Crippen LogP contribution < -0.4 is 16.5 Å². The highest BCUT2D eigenvalue weighted by molar-refractivity contribution is 5.95. The number of nitrogens with two attached hydrogens (primary N) is 2. The van der Waals surface area contributed by atoms with Gasteiger partial charge in [0.05, 0.1) is 25.4 Å². The van der Waals surface area contributed by atoms with Crippen LogP contribution in [0.1, 0.15) is 33.4 Å². The van der Waals surface area contributed by atoms with Gasteiger partial charge in [0.25, 0.3) is 0 Å². The van der Waals surface area contributed by atoms with Gasteiger partial charge in [0.1, 0.15) is 17.6 Å². The second-order valence-corrected chi connectivity index (χ2v) is 7.87. The molecule has 1 aliphatic rings. The third-order valence-electron chi connectivity index (χ3n) is 5.49. The van der Waals surface area contributed by atoms with E-state index in [0.717, 1.165) is 24.8 Å². The summed E-state index contributed by atoms with van der Waals surface area (Å²) in [6.07, 6.45) is 0.584. The lowest BCUT2D eigenvalue weighted by Gasteiger charge is -2.18. The normalized spacial score (nSPS) is 15.6. The van der Waals surface area contributed by atoms with Crippen molar-refractivity contribution in [3.05, 3.63) is 48.0 Å². The molecule has 1 aliphatic heterocycles. The number of ether oxygens (including phenoxy) is 2. The number of rotatable bonds is 11. The van der Waals surface area contributed by atoms with Crippen molar-refractivity contribution < 1.29 is 18.7 Å². The predicted molar refractivity (Wildman–Crippen MR) is 140 cm³/mol. The predicted octanol–water partition coefficient (Wildman–Crippen LogP) is 3.02. The van der Waals surface area contributed by atoms with Gasteiger partial charge in [-0.25, -0.2) is 20.1 Å². The Morgan fingerprint density at radius 2 is 2.00 bits per heavy atom. The zero-order valence-corrected chi connectivity index (χ0v) is 21.8. The number of carbonyl (C=O) groups is 1. The maximum absolute atomic E-state index is 14.9. The first-order valence-electron chi connectivity index (χ1n) is 12.2. The van der Waals surface area contributed by atoms with Gasteiger partial charge in [-0.2, -0.15) is 0 Å². The summed E-state index contributed by atoms with van der Waals surface area (Å²) in [5, 5.41) is 4.96. The molecular formula is C25H38FN7O3. The summed E-state index contributed by atoms with van der Waals surface area (Å²) >= 11 is 0. The van der Waals surface area contributed by atoms with Crippen LogP contribution in [0.15, 0.2) is 41.6 Å². The molecule has 2 heterocycles. The molecule has 0 bridgehead atoms. The first-order chi connectivity index (χ1) is 17.3. The molecule has 3 rings (SSSR count). The molecule has 1 amide bonds. The van der Waals surface area contributed by atoms with Gasteiger partial charge in [0.2, 0.25) is 0 Å². The molecule has 1 fully saturated rings. The van der Waals surface area contributed by atoms with E-state index in [-0.39, 0.29) is 5.84 Å². The fourth-order valence-electron chi connectivity index (χ4n) is 3.60. The van der Waals surface area contributed by atoms with E-state index in [1.165, 1.54) is 24.2 Å². The fourth-order valence-corrected chi connectivity index (χ4v) is 3.60. The second-order valence-electron chi connectivity index (χ2n) is 7.87. The van der Waals surface area contributed by atoms with E-state index in [0.29, 0.717) is 42.3 Å². The first kappa shape index (κ1) is 29.0. The quantitative estimate of drug-likeness (QED) is 0.158. The Hall–Kier alpha value is -3.28. The smallest absolute Gasteiger partial charge is 0.414 e. The van der Waals surface area contributed by atoms with Gasteiger partial charge in [0.15, 0.2) is 5.84 Å². The van der Waals surface area contributed by atoms with Crippen molar-refractivity contribution in [2.24, 2.45) is 16.7 Å². The van der Waals surface area contributed by atoms with Crippen LogP contribution in [0, 0.1) is 5.82 Å². The van der Waals surface area contributed by atoms with Crippen molar-refractivity contribution in [1.29, 1.82) is 0 Å². The van der Waals surface area contributed by atoms with Gasteiger partial charge in [-0.3, -0.25) is 9.88 Å². The third-order valence-corrected chi connectivity index (χ3v) is 5.49. The van der Waals surface area contributed by atoms with Crippen LogP contribution in [-0.4, -0.2) is 79.5 Å². The van der Waals surface area contributed by atoms with Crippen LogP contribution >= 0.6 is 0 Å². The number of nitrogens with zero attached hydrogens (tertiary/aromatic N) is 5. The number of carbonyl (C=O) groups excluding carboxylic acids is 1. The highest BCUT2D eigenvalue weighted by atomic mass is 19.1. The van der Waals surface area contributed by atoms with Gasteiger partial charge in [-0.1, -0.05) is 33.8 Å². The van der Waals surface area contributed by atoms with Crippen molar-refractivity contribution in [3.63, 3.8) is 0 Å². The molecule has 4 N–H and O–H groups in total. The lowest BCUT2D eigenvalue weighted by molar-refractivity contribution is 0.0371. The molecule has 2 aromatic rings. The number of hydrogen-bond donors (Lipinski definition) is 2. The number of amidine groups is 1. The van der Waals surface area contributed by atoms with Gasteiger partial charge in [-0.15, -0.1) is 5.10 Å². The third kappa shape index (κ3) is 7.87. The summed E-state index contributed by atoms with van der Waals surface area (Å²) in [5.74, 6) is 5.11. The number of hydrazine groups is 1. The Kier molecular flexibility index (Phi) is 11.5. The summed E-state index contributed by atoms with van der Waals surface area (Å²) < 4.78 is 26.0. The van der Waals surface area contributed by atoms with Gasteiger partial charge >= 0.3 is 6.09 Å². The van der Waals surface area contributed by atoms with Gasteiger partial charge in [0, 0.05) is 30.9 Å². The lowest BCUT2D eigenvalue weighted by Crippen LogP contribution is -2.29. The summed E-state index contributed by atoms with van der Waals surface area (Å²) in [6.45, 7) is 12.1. The van der Waals surface area contributed by atoms with Crippen molar-refractivity contribution >= 4 is 17.6 Å². The maximum atomic E-state index is 14.9. The number of hydrogen-bond acceptors (Lipinski definition) is 8. The minimum Gasteiger partial charge on any atom is -0.441 e. The number of amides is 1. The van der Waals surface area contributed by atoms with E-state index in [4.69, 9.17) is 21.1 Å². The van der Waals surface area contributed by atoms with Crippen molar-refractivity contribution in [2.45, 2.75) is 33.8 Å². The van der Waals surface area contributed by atoms with Gasteiger partial charge in [-0.05, 0) is 37.4 Å². The molecule has 1 saturated heterocycles. The van der Waals surface area contributed by atoms with Crippen molar-refractivity contribution in [2.75, 3.05) is 51.3 Å². The number of likely N-dealkylation sites (N-methyl/N-ethyl adjacent to an activating group) is 1. The number of hydrazone groups is 1. The van der Waals surface area contributed by atoms with Crippen LogP contribution in [0.25, 0.3) is 11.1 Å². The SMILES string of the molecule is CC.CCN(CC)CCOCC1CN(c2ccc(-c3ccc(/C(N)=N/N(C)N)nc3)c(F)c2)C(=O)O1. The number of halogens is 1. The van der Waals surface area contributed by atoms with Crippen LogP contribution in [0.4, 0.5) is 14.9 Å². The molecule has 1 aromatic heterocycles. The molecule has 1 atom stereocenters. The molecule has 36 heavy (non-hydrogen) atoms. The zero-order valence-electron chi connectivity index (χ0n) is 21.8. The van der Waals surface area contributed by atoms with E-state index in [1.807, 2.05) is 13.8 Å². The number of benzene rings is 1. The van der Waals surface area contributed by atoms with E-state index < -0.39 is 18.0 Å². The van der Waals surface area contributed by atoms with Crippen LogP contribution in [-0.2, 0) is 9.47 Å². The Bertz CT molecular complexity index is 998. The fraction of sp³-hybridized carbons (Fsp3) is 0.480. The van der Waals surface area contributed by atoms with Gasteiger partial charge < -0.3 is 20.1 Å². The van der Waals surface area contributed by atoms with E-state index in [2.05, 4.69) is 28.8 Å². The minimum atomic E-state index is -0.518. The Labute approximate surface area is 212 Å². The minimum absolute atomic E-state index is 0.145. The second kappa shape index (κ2) is 14.3. The van der Waals surface area contributed by atoms with Crippen molar-refractivity contribution in [1.82, 2.24) is 15.0 Å². The standard InChI is InChI=1S/C23H32FN7O3.C2H6/c1-4-30(5-2)10-11-33-15-18-14-31(23(32)34-18)17-7-8-19(20(24)12-17)16-6-9-21(27-13-16)22(25)28-29(3)26;1-2/h6-9,12-13,18H,4-5,10-11,14-15,26H2,1-3H3,(H2,25,28);1-2H3. The number of pyridine rings is 1. The summed E-state index contributed by atoms with van der Waals surface area (Å²) in [4.78, 5) is 20.2. The Morgan fingerprint density at radius 3 is 2.58 bits per heavy atom. The Morgan fingerprint density at radius 1 is 1.28 bits per heavy atom. The molecule has 0 radical (unpaired) electrons. The molecule has 1 unspecified atom stereocenters. The molecule has 1 aromatic carbocycles. The molecule has 198 valence electrons. The highest BCUT2D eigenvalue weighted by Crippen LogP contribution is 2.29. The molecule has 0 spiro atoms. The largest absolute Gasteiger partial charge is 0.441 e. The summed E-state index contributed by atoms with van der Waals surface area (Å²) in [7, 11) is 1.54. The van der Waals surface area contributed by atoms with Crippen LogP contribution in [0.3, 0.4) is 0 Å². The van der Waals surface area contributed by atoms with E-state index in [1.54, 1.807) is 24.3 Å². The molecular weight excluding hydrogens is 465 g/mol.